The van der Waals surface area contributed by atoms with Crippen molar-refractivity contribution < 1.29 is 4.42 Å². The van der Waals surface area contributed by atoms with Crippen molar-refractivity contribution >= 4 is 117 Å². The van der Waals surface area contributed by atoms with Crippen molar-refractivity contribution in [1.82, 2.24) is 0 Å². The van der Waals surface area contributed by atoms with Gasteiger partial charge in [0.1, 0.15) is 11.2 Å². The second-order valence-electron chi connectivity index (χ2n) is 13.5. The zero-order valence-electron chi connectivity index (χ0n) is 27.2. The van der Waals surface area contributed by atoms with Gasteiger partial charge in [-0.3, -0.25) is 0 Å². The fourth-order valence-corrected chi connectivity index (χ4v) is 10.9. The van der Waals surface area contributed by atoms with Gasteiger partial charge in [-0.1, -0.05) is 109 Å². The van der Waals surface area contributed by atoms with Crippen molar-refractivity contribution in [2.75, 3.05) is 0 Å². The van der Waals surface area contributed by atoms with Crippen LogP contribution in [0.3, 0.4) is 0 Å². The van der Waals surface area contributed by atoms with Gasteiger partial charge in [0.15, 0.2) is 0 Å². The van der Waals surface area contributed by atoms with Gasteiger partial charge in [-0.2, -0.15) is 0 Å². The number of fused-ring (bicyclic) bond motifs is 14. The van der Waals surface area contributed by atoms with E-state index in [0.29, 0.717) is 0 Å². The van der Waals surface area contributed by atoms with E-state index < -0.39 is 0 Å². The summed E-state index contributed by atoms with van der Waals surface area (Å²) in [4.78, 5) is 0. The second kappa shape index (κ2) is 10.3. The lowest BCUT2D eigenvalue weighted by Crippen LogP contribution is -1.90. The van der Waals surface area contributed by atoms with E-state index in [-0.39, 0.29) is 0 Å². The van der Waals surface area contributed by atoms with Crippen molar-refractivity contribution in [3.05, 3.63) is 158 Å². The minimum Gasteiger partial charge on any atom is -0.455 e. The lowest BCUT2D eigenvalue weighted by Gasteiger charge is -2.18. The van der Waals surface area contributed by atoms with Gasteiger partial charge in [0.25, 0.3) is 0 Å². The number of hydrogen-bond acceptors (Lipinski definition) is 3. The number of thiophene rings is 2. The minimum atomic E-state index is 0.936. The maximum absolute atomic E-state index is 6.44. The first-order chi connectivity index (χ1) is 25.3. The highest BCUT2D eigenvalue weighted by molar-refractivity contribution is 7.26. The highest BCUT2D eigenvalue weighted by Crippen LogP contribution is 2.48. The van der Waals surface area contributed by atoms with Crippen LogP contribution in [0.15, 0.2) is 162 Å². The molecule has 0 unspecified atom stereocenters. The summed E-state index contributed by atoms with van der Waals surface area (Å²) >= 11 is 3.75. The molecule has 0 radical (unpaired) electrons. The Morgan fingerprint density at radius 1 is 0.314 bits per heavy atom. The summed E-state index contributed by atoms with van der Waals surface area (Å²) in [6, 6.07) is 58.3. The molecule has 1 nitrogen and oxygen atoms in total. The van der Waals surface area contributed by atoms with Gasteiger partial charge in [0.2, 0.25) is 0 Å². The molecule has 3 heteroatoms. The van der Waals surface area contributed by atoms with Crippen molar-refractivity contribution in [3.63, 3.8) is 0 Å². The molecule has 0 fully saturated rings. The summed E-state index contributed by atoms with van der Waals surface area (Å²) in [5, 5.41) is 15.1. The zero-order chi connectivity index (χ0) is 33.2. The number of benzene rings is 9. The quantitative estimate of drug-likeness (QED) is 0.165. The number of hydrogen-bond donors (Lipinski definition) is 0. The molecule has 0 bridgehead atoms. The van der Waals surface area contributed by atoms with Crippen LogP contribution in [0.5, 0.6) is 0 Å². The van der Waals surface area contributed by atoms with E-state index in [1.165, 1.54) is 106 Å². The van der Waals surface area contributed by atoms with Crippen LogP contribution < -0.4 is 0 Å². The standard InChI is InChI=1S/C48H26OS2/c1-3-13-33-31(11-1)45(27-18-23-42-39(25-27)30-10-6-8-16-41(30)50-42)32-12-2-4-14-34(32)46(33)28-17-19-38-44(26-28)51-43-24-22-37-35(47(38)43)20-21-36-29-9-5-7-15-40(29)49-48(36)37/h1-26H. The third-order valence-corrected chi connectivity index (χ3v) is 13.1. The van der Waals surface area contributed by atoms with Crippen LogP contribution in [-0.2, 0) is 0 Å². The van der Waals surface area contributed by atoms with Crippen molar-refractivity contribution in [1.29, 1.82) is 0 Å². The van der Waals surface area contributed by atoms with Gasteiger partial charge in [-0.05, 0) is 97.7 Å². The summed E-state index contributed by atoms with van der Waals surface area (Å²) in [7, 11) is 0. The Labute approximate surface area is 300 Å². The van der Waals surface area contributed by atoms with Crippen LogP contribution >= 0.6 is 22.7 Å². The highest BCUT2D eigenvalue weighted by atomic mass is 32.1. The topological polar surface area (TPSA) is 13.1 Å². The van der Waals surface area contributed by atoms with Crippen LogP contribution in [0.2, 0.25) is 0 Å². The monoisotopic (exact) mass is 682 g/mol. The fourth-order valence-electron chi connectivity index (χ4n) is 8.65. The smallest absolute Gasteiger partial charge is 0.143 e. The molecular formula is C48H26OS2. The van der Waals surface area contributed by atoms with Gasteiger partial charge in [0.05, 0.1) is 0 Å². The first-order valence-corrected chi connectivity index (χ1v) is 19.0. The summed E-state index contributed by atoms with van der Waals surface area (Å²) in [5.74, 6) is 0. The Kier molecular flexibility index (Phi) is 5.59. The molecule has 0 aliphatic carbocycles. The molecule has 0 spiro atoms. The van der Waals surface area contributed by atoms with Gasteiger partial charge < -0.3 is 4.42 Å². The van der Waals surface area contributed by atoms with Gasteiger partial charge in [-0.25, -0.2) is 0 Å². The van der Waals surface area contributed by atoms with Crippen LogP contribution in [0.1, 0.15) is 0 Å². The first-order valence-electron chi connectivity index (χ1n) is 17.3. The Balaban J connectivity index is 1.10. The predicted molar refractivity (Wildman–Crippen MR) is 223 cm³/mol. The van der Waals surface area contributed by atoms with Gasteiger partial charge >= 0.3 is 0 Å². The second-order valence-corrected chi connectivity index (χ2v) is 15.7. The number of para-hydroxylation sites is 1. The fraction of sp³-hybridized carbons (Fsp3) is 0. The highest BCUT2D eigenvalue weighted by Gasteiger charge is 2.19. The molecular weight excluding hydrogens is 657 g/mol. The van der Waals surface area contributed by atoms with Gasteiger partial charge in [0, 0.05) is 56.5 Å². The SMILES string of the molecule is c1ccc2c(c1)oc1c2ccc2c1ccc1sc3cc(-c4c5ccccc5c(-c5ccc6sc7ccccc7c6c5)c5ccccc45)ccc3c12. The van der Waals surface area contributed by atoms with Gasteiger partial charge in [-0.15, -0.1) is 22.7 Å². The van der Waals surface area contributed by atoms with E-state index in [1.807, 2.05) is 28.7 Å². The molecule has 51 heavy (non-hydrogen) atoms. The van der Waals surface area contributed by atoms with E-state index in [9.17, 15) is 0 Å². The van der Waals surface area contributed by atoms with Crippen molar-refractivity contribution in [3.8, 4) is 22.3 Å². The minimum absolute atomic E-state index is 0.936. The molecule has 0 N–H and O–H groups in total. The summed E-state index contributed by atoms with van der Waals surface area (Å²) in [6.07, 6.45) is 0. The largest absolute Gasteiger partial charge is 0.455 e. The van der Waals surface area contributed by atoms with Crippen molar-refractivity contribution in [2.45, 2.75) is 0 Å². The molecule has 0 aliphatic rings. The zero-order valence-corrected chi connectivity index (χ0v) is 28.9. The maximum Gasteiger partial charge on any atom is 0.143 e. The molecule has 0 saturated heterocycles. The summed E-state index contributed by atoms with van der Waals surface area (Å²) < 4.78 is 11.7. The third kappa shape index (κ3) is 3.85. The van der Waals surface area contributed by atoms with E-state index in [2.05, 4.69) is 152 Å². The van der Waals surface area contributed by atoms with Crippen LogP contribution in [0.25, 0.3) is 117 Å². The number of furan rings is 1. The van der Waals surface area contributed by atoms with E-state index in [0.717, 1.165) is 11.2 Å². The molecule has 12 rings (SSSR count). The van der Waals surface area contributed by atoms with E-state index >= 15 is 0 Å². The van der Waals surface area contributed by atoms with Crippen LogP contribution in [-0.4, -0.2) is 0 Å². The summed E-state index contributed by atoms with van der Waals surface area (Å²) in [6.45, 7) is 0. The molecule has 236 valence electrons. The molecule has 0 saturated carbocycles. The third-order valence-electron chi connectivity index (χ3n) is 10.9. The Bertz CT molecular complexity index is 3370. The summed E-state index contributed by atoms with van der Waals surface area (Å²) in [5.41, 5.74) is 7.00. The van der Waals surface area contributed by atoms with E-state index in [1.54, 1.807) is 0 Å². The van der Waals surface area contributed by atoms with Crippen molar-refractivity contribution in [2.24, 2.45) is 0 Å². The lowest BCUT2D eigenvalue weighted by atomic mass is 9.85. The molecule has 3 heterocycles. The molecule has 0 atom stereocenters. The van der Waals surface area contributed by atoms with Crippen LogP contribution in [0, 0.1) is 0 Å². The molecule has 3 aromatic heterocycles. The first kappa shape index (κ1) is 27.8. The maximum atomic E-state index is 6.44. The molecule has 12 aromatic rings. The Hall–Kier alpha value is -6.00. The number of rotatable bonds is 2. The molecule has 0 aliphatic heterocycles. The normalized spacial score (nSPS) is 12.3. The van der Waals surface area contributed by atoms with Crippen LogP contribution in [0.4, 0.5) is 0 Å². The Morgan fingerprint density at radius 2 is 0.824 bits per heavy atom. The Morgan fingerprint density at radius 3 is 1.59 bits per heavy atom. The average molecular weight is 683 g/mol. The van der Waals surface area contributed by atoms with E-state index in [4.69, 9.17) is 4.42 Å². The predicted octanol–water partition coefficient (Wildman–Crippen LogP) is 15.1. The average Bonchev–Trinajstić information content (AvgIpc) is 3.87. The lowest BCUT2D eigenvalue weighted by molar-refractivity contribution is 0.672. The molecule has 0 amide bonds. The molecule has 9 aromatic carbocycles.